The van der Waals surface area contributed by atoms with E-state index >= 15 is 0 Å². The van der Waals surface area contributed by atoms with Gasteiger partial charge in [-0.25, -0.2) is 0 Å². The highest BCUT2D eigenvalue weighted by Crippen LogP contribution is 2.39. The molecule has 2 atom stereocenters. The molecule has 8 heteroatoms. The van der Waals surface area contributed by atoms with Crippen LogP contribution in [0.4, 0.5) is 0 Å². The van der Waals surface area contributed by atoms with E-state index in [1.807, 2.05) is 18.2 Å². The van der Waals surface area contributed by atoms with Gasteiger partial charge in [0.1, 0.15) is 18.1 Å². The number of aliphatic carboxylic acids is 1. The van der Waals surface area contributed by atoms with Crippen molar-refractivity contribution in [2.75, 3.05) is 39.9 Å². The zero-order valence-electron chi connectivity index (χ0n) is 16.0. The van der Waals surface area contributed by atoms with E-state index in [-0.39, 0.29) is 30.9 Å². The minimum absolute atomic E-state index is 0. The highest BCUT2D eigenvalue weighted by atomic mass is 35.5. The van der Waals surface area contributed by atoms with Crippen LogP contribution in [0.2, 0.25) is 0 Å². The van der Waals surface area contributed by atoms with Gasteiger partial charge >= 0.3 is 5.97 Å². The lowest BCUT2D eigenvalue weighted by atomic mass is 9.69. The van der Waals surface area contributed by atoms with E-state index in [1.54, 1.807) is 7.11 Å². The maximum atomic E-state index is 11.9. The molecule has 1 aromatic rings. The summed E-state index contributed by atoms with van der Waals surface area (Å²) in [7, 11) is 1.66. The van der Waals surface area contributed by atoms with Gasteiger partial charge in [0.15, 0.2) is 0 Å². The molecule has 1 aromatic carbocycles. The first-order valence-electron chi connectivity index (χ1n) is 9.30. The number of carbonyl (C=O) groups is 1. The normalized spacial score (nSPS) is 26.3. The molecule has 2 fully saturated rings. The summed E-state index contributed by atoms with van der Waals surface area (Å²) in [5.41, 5.74) is 1.66. The number of benzene rings is 1. The van der Waals surface area contributed by atoms with E-state index in [9.17, 15) is 9.90 Å². The monoisotopic (exact) mass is 430 g/mol. The zero-order chi connectivity index (χ0) is 18.1. The predicted molar refractivity (Wildman–Crippen MR) is 113 cm³/mol. The van der Waals surface area contributed by atoms with Gasteiger partial charge < -0.3 is 19.9 Å². The SMILES string of the molecule is COc1ccc2c(c1)C=C(CN1CC[C@@]3(C(=O)O)CCCN[C@@H]3C1)CO2.Cl.Cl. The van der Waals surface area contributed by atoms with Crippen LogP contribution in [0.5, 0.6) is 11.5 Å². The minimum Gasteiger partial charge on any atom is -0.497 e. The van der Waals surface area contributed by atoms with Crippen LogP contribution < -0.4 is 14.8 Å². The highest BCUT2D eigenvalue weighted by Gasteiger charge is 2.50. The van der Waals surface area contributed by atoms with Crippen molar-refractivity contribution < 1.29 is 19.4 Å². The van der Waals surface area contributed by atoms with Crippen LogP contribution in [0, 0.1) is 5.41 Å². The number of carboxylic acid groups (broad SMARTS) is 1. The molecule has 3 heterocycles. The van der Waals surface area contributed by atoms with Gasteiger partial charge in [0.25, 0.3) is 0 Å². The molecule has 6 nitrogen and oxygen atoms in total. The van der Waals surface area contributed by atoms with Crippen LogP contribution in [0.25, 0.3) is 6.08 Å². The second kappa shape index (κ2) is 9.35. The number of nitrogens with one attached hydrogen (secondary N) is 1. The molecule has 0 spiro atoms. The highest BCUT2D eigenvalue weighted by molar-refractivity contribution is 5.85. The Morgan fingerprint density at radius 3 is 2.96 bits per heavy atom. The van der Waals surface area contributed by atoms with Crippen LogP contribution in [0.3, 0.4) is 0 Å². The lowest BCUT2D eigenvalue weighted by Crippen LogP contribution is -2.62. The number of methoxy groups -OCH3 is 1. The van der Waals surface area contributed by atoms with Crippen molar-refractivity contribution in [3.05, 3.63) is 29.3 Å². The summed E-state index contributed by atoms with van der Waals surface area (Å²) in [6, 6.07) is 5.86. The van der Waals surface area contributed by atoms with Gasteiger partial charge in [-0.1, -0.05) is 0 Å². The van der Waals surface area contributed by atoms with Crippen LogP contribution in [-0.4, -0.2) is 61.9 Å². The Bertz CT molecular complexity index is 743. The Morgan fingerprint density at radius 2 is 2.21 bits per heavy atom. The van der Waals surface area contributed by atoms with Crippen molar-refractivity contribution in [3.63, 3.8) is 0 Å². The number of nitrogens with zero attached hydrogens (tertiary/aromatic N) is 1. The van der Waals surface area contributed by atoms with E-state index in [2.05, 4.69) is 16.3 Å². The summed E-state index contributed by atoms with van der Waals surface area (Å²) in [5, 5.41) is 13.2. The molecule has 0 unspecified atom stereocenters. The smallest absolute Gasteiger partial charge is 0.311 e. The Morgan fingerprint density at radius 1 is 1.39 bits per heavy atom. The molecular formula is C20H28Cl2N2O4. The fraction of sp³-hybridized carbons (Fsp3) is 0.550. The maximum Gasteiger partial charge on any atom is 0.311 e. The molecule has 156 valence electrons. The van der Waals surface area contributed by atoms with Gasteiger partial charge in [-0.3, -0.25) is 9.69 Å². The quantitative estimate of drug-likeness (QED) is 0.764. The summed E-state index contributed by atoms with van der Waals surface area (Å²) < 4.78 is 11.2. The van der Waals surface area contributed by atoms with Gasteiger partial charge in [0, 0.05) is 24.7 Å². The second-order valence-corrected chi connectivity index (χ2v) is 7.55. The summed E-state index contributed by atoms with van der Waals surface area (Å²) >= 11 is 0. The fourth-order valence-electron chi connectivity index (χ4n) is 4.51. The minimum atomic E-state index is -0.643. The largest absolute Gasteiger partial charge is 0.497 e. The first kappa shape index (κ1) is 22.8. The topological polar surface area (TPSA) is 71.0 Å². The lowest BCUT2D eigenvalue weighted by molar-refractivity contribution is -0.156. The third kappa shape index (κ3) is 4.25. The van der Waals surface area contributed by atoms with Crippen molar-refractivity contribution in [1.29, 1.82) is 0 Å². The maximum absolute atomic E-state index is 11.9. The Hall–Kier alpha value is -1.47. The Kier molecular flexibility index (Phi) is 7.62. The van der Waals surface area contributed by atoms with E-state index in [0.717, 1.165) is 56.1 Å². The van der Waals surface area contributed by atoms with Crippen LogP contribution in [-0.2, 0) is 4.79 Å². The van der Waals surface area contributed by atoms with Crippen LogP contribution in [0.15, 0.2) is 23.8 Å². The number of hydrogen-bond acceptors (Lipinski definition) is 5. The fourth-order valence-corrected chi connectivity index (χ4v) is 4.51. The molecule has 4 rings (SSSR count). The van der Waals surface area contributed by atoms with E-state index in [1.165, 1.54) is 5.57 Å². The van der Waals surface area contributed by atoms with Gasteiger partial charge in [-0.2, -0.15) is 0 Å². The molecule has 3 aliphatic rings. The van der Waals surface area contributed by atoms with Gasteiger partial charge in [-0.05, 0) is 62.2 Å². The molecule has 0 bridgehead atoms. The molecule has 0 saturated carbocycles. The van der Waals surface area contributed by atoms with E-state index in [0.29, 0.717) is 13.0 Å². The summed E-state index contributed by atoms with van der Waals surface area (Å²) in [6.07, 6.45) is 4.61. The average molecular weight is 431 g/mol. The predicted octanol–water partition coefficient (Wildman–Crippen LogP) is 2.84. The molecule has 2 N–H and O–H groups in total. The number of carboxylic acids is 1. The zero-order valence-corrected chi connectivity index (χ0v) is 17.6. The number of halogens is 2. The summed E-state index contributed by atoms with van der Waals surface area (Å²) in [6.45, 7) is 3.89. The lowest BCUT2D eigenvalue weighted by Gasteiger charge is -2.48. The number of rotatable bonds is 4. The average Bonchev–Trinajstić information content (AvgIpc) is 2.67. The first-order chi connectivity index (χ1) is 12.6. The second-order valence-electron chi connectivity index (χ2n) is 7.55. The standard InChI is InChI=1S/C20H26N2O4.2ClH/c1-25-16-3-4-17-15(10-16)9-14(13-26-17)11-22-8-6-20(19(23)24)5-2-7-21-18(20)12-22;;/h3-4,9-10,18,21H,2,5-8,11-13H2,1H3,(H,23,24);2*1H/t18-,20+;;/m1../s1. The van der Waals surface area contributed by atoms with Crippen LogP contribution >= 0.6 is 24.8 Å². The van der Waals surface area contributed by atoms with E-state index < -0.39 is 11.4 Å². The Balaban J connectivity index is 0.00000140. The third-order valence-corrected chi connectivity index (χ3v) is 6.01. The van der Waals surface area contributed by atoms with Crippen LogP contribution in [0.1, 0.15) is 24.8 Å². The molecule has 0 aliphatic carbocycles. The van der Waals surface area contributed by atoms with Crippen molar-refractivity contribution in [3.8, 4) is 11.5 Å². The third-order valence-electron chi connectivity index (χ3n) is 6.01. The number of likely N-dealkylation sites (tertiary alicyclic amines) is 1. The molecule has 28 heavy (non-hydrogen) atoms. The summed E-state index contributed by atoms with van der Waals surface area (Å²) in [5.74, 6) is 1.06. The van der Waals surface area contributed by atoms with E-state index in [4.69, 9.17) is 9.47 Å². The molecule has 0 amide bonds. The van der Waals surface area contributed by atoms with Crippen molar-refractivity contribution in [1.82, 2.24) is 10.2 Å². The molecule has 0 aromatic heterocycles. The number of ether oxygens (including phenoxy) is 2. The molecule has 3 aliphatic heterocycles. The molecular weight excluding hydrogens is 403 g/mol. The Labute approximate surface area is 178 Å². The van der Waals surface area contributed by atoms with Gasteiger partial charge in [-0.15, -0.1) is 24.8 Å². The summed E-state index contributed by atoms with van der Waals surface area (Å²) in [4.78, 5) is 14.3. The van der Waals surface area contributed by atoms with Crippen molar-refractivity contribution in [2.45, 2.75) is 25.3 Å². The molecule has 2 saturated heterocycles. The number of piperidine rings is 2. The molecule has 0 radical (unpaired) electrons. The van der Waals surface area contributed by atoms with Gasteiger partial charge in [0.2, 0.25) is 0 Å². The first-order valence-corrected chi connectivity index (χ1v) is 9.30. The number of fused-ring (bicyclic) bond motifs is 2. The van der Waals surface area contributed by atoms with Crippen molar-refractivity contribution >= 4 is 36.9 Å². The number of hydrogen-bond donors (Lipinski definition) is 2. The van der Waals surface area contributed by atoms with Crippen molar-refractivity contribution in [2.24, 2.45) is 5.41 Å². The van der Waals surface area contributed by atoms with Gasteiger partial charge in [0.05, 0.1) is 12.5 Å².